The third-order valence-electron chi connectivity index (χ3n) is 5.81. The summed E-state index contributed by atoms with van der Waals surface area (Å²) in [5.74, 6) is 1.35. The van der Waals surface area contributed by atoms with Gasteiger partial charge in [0.2, 0.25) is 5.95 Å². The molecule has 2 aliphatic rings. The highest BCUT2D eigenvalue weighted by molar-refractivity contribution is 7.18. The second-order valence-corrected chi connectivity index (χ2v) is 8.66. The van der Waals surface area contributed by atoms with Crippen LogP contribution in [0.5, 0.6) is 0 Å². The van der Waals surface area contributed by atoms with Crippen molar-refractivity contribution < 1.29 is 0 Å². The highest BCUT2D eigenvalue weighted by atomic mass is 32.1. The molecule has 134 valence electrons. The van der Waals surface area contributed by atoms with Gasteiger partial charge in [0.1, 0.15) is 4.83 Å². The number of hydrogen-bond acceptors (Lipinski definition) is 5. The third kappa shape index (κ3) is 2.26. The van der Waals surface area contributed by atoms with Gasteiger partial charge in [0.15, 0.2) is 0 Å². The molecule has 0 saturated carbocycles. The number of hydrogen-bond donors (Lipinski definition) is 1. The quantitative estimate of drug-likeness (QED) is 0.716. The molecule has 5 heterocycles. The summed E-state index contributed by atoms with van der Waals surface area (Å²) in [5.41, 5.74) is 2.15. The number of thiophene rings is 1. The minimum atomic E-state index is -0.0563. The second-order valence-electron chi connectivity index (χ2n) is 7.46. The standard InChI is InChI=1S/C19H20N4O2S/c1-10-11(2)26-18-16(10)17(25)20-19(21-18)22-7-12-6-13(9-22)14-4-3-5-15(24)23(14)8-12/h3-5,12-13H,6-9H2,1-2H3,(H,20,21,25). The van der Waals surface area contributed by atoms with E-state index in [1.165, 1.54) is 0 Å². The Kier molecular flexibility index (Phi) is 3.37. The minimum absolute atomic E-state index is 0.0563. The first-order valence-electron chi connectivity index (χ1n) is 8.96. The maximum absolute atomic E-state index is 12.6. The summed E-state index contributed by atoms with van der Waals surface area (Å²) in [6.07, 6.45) is 1.09. The van der Waals surface area contributed by atoms with Crippen LogP contribution in [0.15, 0.2) is 27.8 Å². The molecule has 2 atom stereocenters. The van der Waals surface area contributed by atoms with Crippen LogP contribution in [0.4, 0.5) is 5.95 Å². The molecule has 2 aliphatic heterocycles. The summed E-state index contributed by atoms with van der Waals surface area (Å²) in [6, 6.07) is 5.53. The summed E-state index contributed by atoms with van der Waals surface area (Å²) >= 11 is 1.58. The van der Waals surface area contributed by atoms with E-state index in [0.717, 1.165) is 47.0 Å². The zero-order chi connectivity index (χ0) is 18.0. The molecule has 26 heavy (non-hydrogen) atoms. The maximum atomic E-state index is 12.6. The van der Waals surface area contributed by atoms with Crippen molar-refractivity contribution in [3.63, 3.8) is 0 Å². The molecule has 1 saturated heterocycles. The molecule has 0 amide bonds. The van der Waals surface area contributed by atoms with E-state index in [4.69, 9.17) is 4.98 Å². The highest BCUT2D eigenvalue weighted by Crippen LogP contribution is 2.36. The largest absolute Gasteiger partial charge is 0.341 e. The Morgan fingerprint density at radius 3 is 2.88 bits per heavy atom. The zero-order valence-corrected chi connectivity index (χ0v) is 15.6. The summed E-state index contributed by atoms with van der Waals surface area (Å²) in [4.78, 5) is 36.7. The topological polar surface area (TPSA) is 71.0 Å². The SMILES string of the molecule is Cc1sc2nc(N3CC4CC(C3)c3cccc(=O)n3C4)[nH]c(=O)c2c1C. The van der Waals surface area contributed by atoms with E-state index in [9.17, 15) is 9.59 Å². The Hall–Kier alpha value is -2.41. The van der Waals surface area contributed by atoms with Crippen LogP contribution in [-0.2, 0) is 6.54 Å². The molecule has 0 spiro atoms. The van der Waals surface area contributed by atoms with Gasteiger partial charge in [0, 0.05) is 42.2 Å². The highest BCUT2D eigenvalue weighted by Gasteiger charge is 2.35. The number of anilines is 1. The average molecular weight is 368 g/mol. The van der Waals surface area contributed by atoms with Crippen molar-refractivity contribution in [1.82, 2.24) is 14.5 Å². The molecule has 1 N–H and O–H groups in total. The molecule has 0 aliphatic carbocycles. The Morgan fingerprint density at radius 2 is 2.04 bits per heavy atom. The van der Waals surface area contributed by atoms with Crippen LogP contribution in [0.2, 0.25) is 0 Å². The Morgan fingerprint density at radius 1 is 1.19 bits per heavy atom. The lowest BCUT2D eigenvalue weighted by Gasteiger charge is -2.42. The lowest BCUT2D eigenvalue weighted by molar-refractivity contribution is 0.279. The van der Waals surface area contributed by atoms with E-state index in [-0.39, 0.29) is 11.1 Å². The van der Waals surface area contributed by atoms with Crippen molar-refractivity contribution >= 4 is 27.5 Å². The number of H-pyrrole nitrogens is 1. The molecular formula is C19H20N4O2S. The summed E-state index contributed by atoms with van der Waals surface area (Å²) < 4.78 is 1.92. The van der Waals surface area contributed by atoms with Crippen LogP contribution < -0.4 is 16.0 Å². The molecule has 0 aromatic carbocycles. The van der Waals surface area contributed by atoms with Crippen molar-refractivity contribution in [1.29, 1.82) is 0 Å². The number of piperidine rings is 1. The van der Waals surface area contributed by atoms with E-state index in [0.29, 0.717) is 23.2 Å². The van der Waals surface area contributed by atoms with E-state index >= 15 is 0 Å². The first-order chi connectivity index (χ1) is 12.5. The van der Waals surface area contributed by atoms with Gasteiger partial charge in [-0.15, -0.1) is 11.3 Å². The molecule has 2 unspecified atom stereocenters. The van der Waals surface area contributed by atoms with E-state index in [1.54, 1.807) is 17.4 Å². The number of fused-ring (bicyclic) bond motifs is 5. The average Bonchev–Trinajstić information content (AvgIpc) is 2.90. The van der Waals surface area contributed by atoms with Gasteiger partial charge in [0.25, 0.3) is 11.1 Å². The van der Waals surface area contributed by atoms with E-state index < -0.39 is 0 Å². The maximum Gasteiger partial charge on any atom is 0.261 e. The molecule has 3 aromatic heterocycles. The number of rotatable bonds is 1. The van der Waals surface area contributed by atoms with E-state index in [2.05, 4.69) is 16.0 Å². The first kappa shape index (κ1) is 15.8. The van der Waals surface area contributed by atoms with Crippen LogP contribution in [0.1, 0.15) is 28.5 Å². The molecule has 3 aromatic rings. The van der Waals surface area contributed by atoms with Gasteiger partial charge < -0.3 is 9.47 Å². The smallest absolute Gasteiger partial charge is 0.261 e. The third-order valence-corrected chi connectivity index (χ3v) is 6.91. The monoisotopic (exact) mass is 368 g/mol. The van der Waals surface area contributed by atoms with Gasteiger partial charge in [-0.2, -0.15) is 0 Å². The fourth-order valence-electron chi connectivity index (χ4n) is 4.46. The first-order valence-corrected chi connectivity index (χ1v) is 9.77. The summed E-state index contributed by atoms with van der Waals surface area (Å²) in [6.45, 7) is 6.34. The van der Waals surface area contributed by atoms with Gasteiger partial charge >= 0.3 is 0 Å². The normalized spacial score (nSPS) is 21.8. The number of aryl methyl sites for hydroxylation is 2. The van der Waals surface area contributed by atoms with Crippen molar-refractivity contribution in [2.45, 2.75) is 32.7 Å². The number of nitrogens with zero attached hydrogens (tertiary/aromatic N) is 3. The van der Waals surface area contributed by atoms with Gasteiger partial charge in [-0.25, -0.2) is 4.98 Å². The lowest BCUT2D eigenvalue weighted by Crippen LogP contribution is -2.48. The lowest BCUT2D eigenvalue weighted by atomic mass is 9.83. The van der Waals surface area contributed by atoms with Crippen molar-refractivity contribution in [3.05, 3.63) is 55.0 Å². The van der Waals surface area contributed by atoms with Gasteiger partial charge in [-0.05, 0) is 37.8 Å². The van der Waals surface area contributed by atoms with Gasteiger partial charge in [-0.3, -0.25) is 14.6 Å². The zero-order valence-electron chi connectivity index (χ0n) is 14.8. The van der Waals surface area contributed by atoms with Crippen molar-refractivity contribution in [2.24, 2.45) is 5.92 Å². The number of aromatic nitrogens is 3. The molecule has 0 radical (unpaired) electrons. The van der Waals surface area contributed by atoms with Crippen LogP contribution in [0.3, 0.4) is 0 Å². The Balaban J connectivity index is 1.56. The van der Waals surface area contributed by atoms with Crippen LogP contribution in [0.25, 0.3) is 10.2 Å². The van der Waals surface area contributed by atoms with Crippen LogP contribution >= 0.6 is 11.3 Å². The Bertz CT molecular complexity index is 1140. The Labute approximate surface area is 154 Å². The van der Waals surface area contributed by atoms with Crippen LogP contribution in [-0.4, -0.2) is 27.6 Å². The predicted molar refractivity (Wildman–Crippen MR) is 103 cm³/mol. The summed E-state index contributed by atoms with van der Waals surface area (Å²) in [7, 11) is 0. The fraction of sp³-hybridized carbons (Fsp3) is 0.421. The minimum Gasteiger partial charge on any atom is -0.341 e. The molecule has 5 rings (SSSR count). The number of aromatic amines is 1. The fourth-order valence-corrected chi connectivity index (χ4v) is 5.49. The number of nitrogens with one attached hydrogen (secondary N) is 1. The molecular weight excluding hydrogens is 348 g/mol. The predicted octanol–water partition coefficient (Wildman–Crippen LogP) is 2.39. The van der Waals surface area contributed by atoms with Crippen LogP contribution in [0, 0.1) is 19.8 Å². The molecule has 2 bridgehead atoms. The van der Waals surface area contributed by atoms with Crippen molar-refractivity contribution in [2.75, 3.05) is 18.0 Å². The van der Waals surface area contributed by atoms with Crippen molar-refractivity contribution in [3.8, 4) is 0 Å². The summed E-state index contributed by atoms with van der Waals surface area (Å²) in [5, 5.41) is 0.713. The number of pyridine rings is 1. The van der Waals surface area contributed by atoms with E-state index in [1.807, 2.05) is 24.5 Å². The van der Waals surface area contributed by atoms with Gasteiger partial charge in [-0.1, -0.05) is 6.07 Å². The van der Waals surface area contributed by atoms with Gasteiger partial charge in [0.05, 0.1) is 5.39 Å². The molecule has 6 nitrogen and oxygen atoms in total. The molecule has 1 fully saturated rings. The molecule has 7 heteroatoms. The second kappa shape index (κ2) is 5.54.